The molecule has 2 aliphatic carbocycles. The molecule has 0 heterocycles. The molecule has 0 aromatic carbocycles. The van der Waals surface area contributed by atoms with Crippen LogP contribution in [0.1, 0.15) is 39.0 Å². The summed E-state index contributed by atoms with van der Waals surface area (Å²) in [6, 6.07) is 0. The Bertz CT molecular complexity index is 254. The van der Waals surface area contributed by atoms with Crippen LogP contribution in [0.3, 0.4) is 0 Å². The first-order chi connectivity index (χ1) is 7.11. The SMILES string of the molecule is CC1CC(C(N)=O)C(O)C2CCCCC12. The molecule has 3 heteroatoms. The van der Waals surface area contributed by atoms with Crippen LogP contribution in [0.5, 0.6) is 0 Å². The second-order valence-corrected chi connectivity index (χ2v) is 5.32. The van der Waals surface area contributed by atoms with Crippen LogP contribution in [-0.4, -0.2) is 17.1 Å². The van der Waals surface area contributed by atoms with Gasteiger partial charge in [0, 0.05) is 0 Å². The predicted octanol–water partition coefficient (Wildman–Crippen LogP) is 1.29. The van der Waals surface area contributed by atoms with Crippen molar-refractivity contribution in [2.75, 3.05) is 0 Å². The molecular weight excluding hydrogens is 190 g/mol. The quantitative estimate of drug-likeness (QED) is 0.686. The monoisotopic (exact) mass is 211 g/mol. The minimum atomic E-state index is -0.482. The second kappa shape index (κ2) is 4.12. The molecule has 1 amide bonds. The largest absolute Gasteiger partial charge is 0.392 e. The van der Waals surface area contributed by atoms with Crippen LogP contribution < -0.4 is 5.73 Å². The van der Waals surface area contributed by atoms with Gasteiger partial charge in [0.2, 0.25) is 5.91 Å². The number of fused-ring (bicyclic) bond motifs is 1. The van der Waals surface area contributed by atoms with Gasteiger partial charge in [0.1, 0.15) is 0 Å². The van der Waals surface area contributed by atoms with Gasteiger partial charge in [-0.1, -0.05) is 19.8 Å². The van der Waals surface area contributed by atoms with E-state index in [2.05, 4.69) is 6.92 Å². The molecule has 5 atom stereocenters. The lowest BCUT2D eigenvalue weighted by atomic mass is 9.61. The number of carbonyl (C=O) groups excluding carboxylic acids is 1. The first kappa shape index (κ1) is 10.9. The summed E-state index contributed by atoms with van der Waals surface area (Å²) in [6.45, 7) is 2.20. The average Bonchev–Trinajstić information content (AvgIpc) is 2.23. The van der Waals surface area contributed by atoms with Crippen LogP contribution in [0.15, 0.2) is 0 Å². The Labute approximate surface area is 91.0 Å². The highest BCUT2D eigenvalue weighted by molar-refractivity contribution is 5.77. The molecule has 2 aliphatic rings. The van der Waals surface area contributed by atoms with Crippen LogP contribution in [0.25, 0.3) is 0 Å². The molecule has 2 rings (SSSR count). The summed E-state index contributed by atoms with van der Waals surface area (Å²) in [4.78, 5) is 11.2. The van der Waals surface area contributed by atoms with E-state index in [1.54, 1.807) is 0 Å². The summed E-state index contributed by atoms with van der Waals surface area (Å²) in [5.74, 6) is 0.846. The maximum Gasteiger partial charge on any atom is 0.223 e. The van der Waals surface area contributed by atoms with Crippen LogP contribution >= 0.6 is 0 Å². The van der Waals surface area contributed by atoms with E-state index in [1.807, 2.05) is 0 Å². The molecule has 0 bridgehead atoms. The number of hydrogen-bond donors (Lipinski definition) is 2. The molecule has 0 aromatic rings. The summed E-state index contributed by atoms with van der Waals surface area (Å²) in [6.07, 6.45) is 5.05. The van der Waals surface area contributed by atoms with Crippen molar-refractivity contribution < 1.29 is 9.90 Å². The predicted molar refractivity (Wildman–Crippen MR) is 57.9 cm³/mol. The number of aliphatic hydroxyl groups excluding tert-OH is 1. The highest BCUT2D eigenvalue weighted by Gasteiger charge is 2.44. The van der Waals surface area contributed by atoms with Gasteiger partial charge in [-0.05, 0) is 37.0 Å². The molecule has 2 fully saturated rings. The Balaban J connectivity index is 2.14. The lowest BCUT2D eigenvalue weighted by Gasteiger charge is -2.45. The minimum absolute atomic E-state index is 0.306. The third kappa shape index (κ3) is 1.89. The van der Waals surface area contributed by atoms with E-state index in [1.165, 1.54) is 19.3 Å². The third-order valence-electron chi connectivity index (χ3n) is 4.45. The van der Waals surface area contributed by atoms with Gasteiger partial charge in [-0.25, -0.2) is 0 Å². The molecule has 15 heavy (non-hydrogen) atoms. The molecule has 0 aliphatic heterocycles. The summed E-state index contributed by atoms with van der Waals surface area (Å²) in [5, 5.41) is 10.2. The highest BCUT2D eigenvalue weighted by Crippen LogP contribution is 2.45. The summed E-state index contributed by atoms with van der Waals surface area (Å²) >= 11 is 0. The van der Waals surface area contributed by atoms with Gasteiger partial charge in [0.05, 0.1) is 12.0 Å². The molecule has 2 saturated carbocycles. The molecule has 0 aromatic heterocycles. The van der Waals surface area contributed by atoms with E-state index >= 15 is 0 Å². The van der Waals surface area contributed by atoms with Crippen LogP contribution in [0.2, 0.25) is 0 Å². The zero-order chi connectivity index (χ0) is 11.0. The van der Waals surface area contributed by atoms with Gasteiger partial charge in [-0.2, -0.15) is 0 Å². The topological polar surface area (TPSA) is 63.3 Å². The fourth-order valence-electron chi connectivity index (χ4n) is 3.62. The van der Waals surface area contributed by atoms with Crippen molar-refractivity contribution in [1.82, 2.24) is 0 Å². The van der Waals surface area contributed by atoms with Gasteiger partial charge >= 0.3 is 0 Å². The molecule has 86 valence electrons. The smallest absolute Gasteiger partial charge is 0.223 e. The third-order valence-corrected chi connectivity index (χ3v) is 4.45. The molecule has 0 spiro atoms. The number of carbonyl (C=O) groups is 1. The van der Waals surface area contributed by atoms with Crippen LogP contribution in [-0.2, 0) is 4.79 Å². The molecule has 0 saturated heterocycles. The zero-order valence-corrected chi connectivity index (χ0v) is 9.36. The second-order valence-electron chi connectivity index (χ2n) is 5.32. The zero-order valence-electron chi connectivity index (χ0n) is 9.36. The van der Waals surface area contributed by atoms with Crippen molar-refractivity contribution in [1.29, 1.82) is 0 Å². The fraction of sp³-hybridized carbons (Fsp3) is 0.917. The molecular formula is C12H21NO2. The van der Waals surface area contributed by atoms with Gasteiger partial charge in [0.15, 0.2) is 0 Å². The van der Waals surface area contributed by atoms with Crippen molar-refractivity contribution >= 4 is 5.91 Å². The number of rotatable bonds is 1. The van der Waals surface area contributed by atoms with E-state index in [9.17, 15) is 9.90 Å². The molecule has 3 nitrogen and oxygen atoms in total. The van der Waals surface area contributed by atoms with E-state index in [0.29, 0.717) is 17.8 Å². The first-order valence-corrected chi connectivity index (χ1v) is 6.08. The van der Waals surface area contributed by atoms with Gasteiger partial charge in [-0.15, -0.1) is 0 Å². The normalized spacial score (nSPS) is 45.9. The highest BCUT2D eigenvalue weighted by atomic mass is 16.3. The fourth-order valence-corrected chi connectivity index (χ4v) is 3.62. The molecule has 5 unspecified atom stereocenters. The van der Waals surface area contributed by atoms with Crippen molar-refractivity contribution in [3.05, 3.63) is 0 Å². The van der Waals surface area contributed by atoms with Crippen LogP contribution in [0.4, 0.5) is 0 Å². The average molecular weight is 211 g/mol. The summed E-state index contributed by atoms with van der Waals surface area (Å²) in [7, 11) is 0. The standard InChI is InChI=1S/C12H21NO2/c1-7-6-10(12(13)15)11(14)9-5-3-2-4-8(7)9/h7-11,14H,2-6H2,1H3,(H2,13,15). The van der Waals surface area contributed by atoms with E-state index < -0.39 is 6.10 Å². The van der Waals surface area contributed by atoms with E-state index in [0.717, 1.165) is 12.8 Å². The number of hydrogen-bond acceptors (Lipinski definition) is 2. The number of aliphatic hydroxyl groups is 1. The Morgan fingerprint density at radius 2 is 1.87 bits per heavy atom. The number of nitrogens with two attached hydrogens (primary N) is 1. The Hall–Kier alpha value is -0.570. The van der Waals surface area contributed by atoms with Gasteiger partial charge in [-0.3, -0.25) is 4.79 Å². The minimum Gasteiger partial charge on any atom is -0.392 e. The lowest BCUT2D eigenvalue weighted by molar-refractivity contribution is -0.134. The molecule has 0 radical (unpaired) electrons. The van der Waals surface area contributed by atoms with Crippen molar-refractivity contribution in [2.45, 2.75) is 45.1 Å². The Morgan fingerprint density at radius 1 is 1.27 bits per heavy atom. The van der Waals surface area contributed by atoms with E-state index in [4.69, 9.17) is 5.73 Å². The van der Waals surface area contributed by atoms with Crippen molar-refractivity contribution in [2.24, 2.45) is 29.4 Å². The number of amides is 1. The van der Waals surface area contributed by atoms with Gasteiger partial charge in [0.25, 0.3) is 0 Å². The summed E-state index contributed by atoms with van der Waals surface area (Å²) in [5.41, 5.74) is 5.34. The van der Waals surface area contributed by atoms with Gasteiger partial charge < -0.3 is 10.8 Å². The summed E-state index contributed by atoms with van der Waals surface area (Å²) < 4.78 is 0. The lowest BCUT2D eigenvalue weighted by Crippen LogP contribution is -2.48. The maximum atomic E-state index is 11.2. The maximum absolute atomic E-state index is 11.2. The van der Waals surface area contributed by atoms with E-state index in [-0.39, 0.29) is 11.8 Å². The Morgan fingerprint density at radius 3 is 2.47 bits per heavy atom. The van der Waals surface area contributed by atoms with Crippen molar-refractivity contribution in [3.63, 3.8) is 0 Å². The van der Waals surface area contributed by atoms with Crippen LogP contribution in [0, 0.1) is 23.7 Å². The number of primary amides is 1. The first-order valence-electron chi connectivity index (χ1n) is 6.08. The Kier molecular flexibility index (Phi) is 3.01. The molecule has 3 N–H and O–H groups in total. The van der Waals surface area contributed by atoms with Crippen molar-refractivity contribution in [3.8, 4) is 0 Å².